The van der Waals surface area contributed by atoms with E-state index in [2.05, 4.69) is 134 Å². The molecule has 1 N–H and O–H groups in total. The Morgan fingerprint density at radius 3 is 2.00 bits per heavy atom. The summed E-state index contributed by atoms with van der Waals surface area (Å²) in [6.45, 7) is 0. The Labute approximate surface area is 213 Å². The van der Waals surface area contributed by atoms with Crippen LogP contribution in [0.25, 0.3) is 66.4 Å². The molecule has 8 rings (SSSR count). The number of aromatic amines is 1. The minimum Gasteiger partial charge on any atom is -0.345 e. The highest BCUT2D eigenvalue weighted by atomic mass is 15.0. The van der Waals surface area contributed by atoms with E-state index in [0.29, 0.717) is 0 Å². The zero-order chi connectivity index (χ0) is 24.3. The molecule has 0 radical (unpaired) electrons. The fourth-order valence-corrected chi connectivity index (χ4v) is 5.83. The van der Waals surface area contributed by atoms with E-state index in [-0.39, 0.29) is 0 Å². The highest BCUT2D eigenvalue weighted by molar-refractivity contribution is 6.26. The number of rotatable bonds is 3. The largest absolute Gasteiger partial charge is 0.345 e. The van der Waals surface area contributed by atoms with Crippen molar-refractivity contribution < 1.29 is 0 Å². The lowest BCUT2D eigenvalue weighted by molar-refractivity contribution is 1.17. The summed E-state index contributed by atoms with van der Waals surface area (Å²) in [6, 6.07) is 41.2. The summed E-state index contributed by atoms with van der Waals surface area (Å²) in [5.74, 6) is 0.873. The van der Waals surface area contributed by atoms with Gasteiger partial charge >= 0.3 is 0 Å². The van der Waals surface area contributed by atoms with E-state index < -0.39 is 0 Å². The molecule has 3 heterocycles. The summed E-state index contributed by atoms with van der Waals surface area (Å²) < 4.78 is 4.80. The molecule has 4 nitrogen and oxygen atoms in total. The predicted octanol–water partition coefficient (Wildman–Crippen LogP) is 8.27. The molecule has 0 aliphatic heterocycles. The predicted molar refractivity (Wildman–Crippen MR) is 153 cm³/mol. The molecule has 37 heavy (non-hydrogen) atoms. The molecule has 0 saturated carbocycles. The van der Waals surface area contributed by atoms with Crippen LogP contribution in [-0.2, 0) is 0 Å². The first-order chi connectivity index (χ1) is 18.4. The van der Waals surface area contributed by atoms with E-state index in [1.807, 2.05) is 6.20 Å². The zero-order valence-electron chi connectivity index (χ0n) is 20.0. The highest BCUT2D eigenvalue weighted by Crippen LogP contribution is 2.42. The molecule has 0 amide bonds. The number of nitrogens with zero attached hydrogens (tertiary/aromatic N) is 3. The van der Waals surface area contributed by atoms with Gasteiger partial charge in [0.25, 0.3) is 0 Å². The maximum atomic E-state index is 4.51. The van der Waals surface area contributed by atoms with Crippen molar-refractivity contribution in [2.45, 2.75) is 0 Å². The molecule has 8 aromatic rings. The Hall–Kier alpha value is -5.09. The summed E-state index contributed by atoms with van der Waals surface area (Å²) in [4.78, 5) is 7.77. The maximum Gasteiger partial charge on any atom is 0.137 e. The number of aromatic nitrogens is 4. The molecular weight excluding hydrogens is 452 g/mol. The van der Waals surface area contributed by atoms with Gasteiger partial charge in [-0.1, -0.05) is 72.8 Å². The number of para-hydroxylation sites is 3. The van der Waals surface area contributed by atoms with E-state index in [9.17, 15) is 0 Å². The quantitative estimate of drug-likeness (QED) is 0.275. The van der Waals surface area contributed by atoms with Crippen molar-refractivity contribution in [3.8, 4) is 22.8 Å². The lowest BCUT2D eigenvalue weighted by atomic mass is 10.1. The Morgan fingerprint density at radius 2 is 1.24 bits per heavy atom. The van der Waals surface area contributed by atoms with Gasteiger partial charge in [0.2, 0.25) is 0 Å². The molecule has 0 spiro atoms. The number of imidazole rings is 1. The van der Waals surface area contributed by atoms with Crippen molar-refractivity contribution in [1.29, 1.82) is 0 Å². The van der Waals surface area contributed by atoms with Crippen LogP contribution in [-0.4, -0.2) is 19.1 Å². The van der Waals surface area contributed by atoms with E-state index in [4.69, 9.17) is 0 Å². The lowest BCUT2D eigenvalue weighted by Gasteiger charge is -2.10. The zero-order valence-corrected chi connectivity index (χ0v) is 20.0. The van der Waals surface area contributed by atoms with Crippen LogP contribution in [0.4, 0.5) is 0 Å². The molecule has 0 bridgehead atoms. The molecule has 0 atom stereocenters. The summed E-state index contributed by atoms with van der Waals surface area (Å²) in [5, 5.41) is 4.98. The van der Waals surface area contributed by atoms with Crippen LogP contribution in [0.1, 0.15) is 0 Å². The number of fused-ring (bicyclic) bond motifs is 7. The first-order valence-corrected chi connectivity index (χ1v) is 12.5. The molecule has 0 aliphatic carbocycles. The third kappa shape index (κ3) is 2.87. The van der Waals surface area contributed by atoms with Gasteiger partial charge < -0.3 is 14.1 Å². The molecule has 3 aromatic heterocycles. The van der Waals surface area contributed by atoms with Crippen LogP contribution in [0.5, 0.6) is 0 Å². The second-order valence-electron chi connectivity index (χ2n) is 9.38. The van der Waals surface area contributed by atoms with Gasteiger partial charge in [-0.15, -0.1) is 0 Å². The molecule has 5 aromatic carbocycles. The third-order valence-electron chi connectivity index (χ3n) is 7.36. The van der Waals surface area contributed by atoms with Crippen molar-refractivity contribution in [3.05, 3.63) is 128 Å². The van der Waals surface area contributed by atoms with E-state index >= 15 is 0 Å². The molecule has 0 aliphatic rings. The molecule has 4 heteroatoms. The summed E-state index contributed by atoms with van der Waals surface area (Å²) in [6.07, 6.45) is 3.67. The second kappa shape index (κ2) is 7.70. The van der Waals surface area contributed by atoms with Crippen LogP contribution in [0, 0.1) is 0 Å². The van der Waals surface area contributed by atoms with Gasteiger partial charge in [0.15, 0.2) is 0 Å². The van der Waals surface area contributed by atoms with Crippen LogP contribution >= 0.6 is 0 Å². The SMILES string of the molecule is c1ccc(-n2c3ccccc3c3c2ccc2c4ccc(-c5ncc[nH]5)cc4n(-c4ccccc4)c23)cc1. The van der Waals surface area contributed by atoms with Crippen LogP contribution in [0.3, 0.4) is 0 Å². The van der Waals surface area contributed by atoms with E-state index in [0.717, 1.165) is 22.8 Å². The molecular formula is C33H22N4. The first kappa shape index (κ1) is 20.1. The Balaban J connectivity index is 1.60. The molecule has 0 fully saturated rings. The fraction of sp³-hybridized carbons (Fsp3) is 0. The van der Waals surface area contributed by atoms with E-state index in [1.165, 1.54) is 43.6 Å². The topological polar surface area (TPSA) is 38.5 Å². The Bertz CT molecular complexity index is 2060. The number of benzene rings is 5. The van der Waals surface area contributed by atoms with Gasteiger partial charge in [-0.3, -0.25) is 0 Å². The van der Waals surface area contributed by atoms with Crippen molar-refractivity contribution in [2.24, 2.45) is 0 Å². The highest BCUT2D eigenvalue weighted by Gasteiger charge is 2.21. The van der Waals surface area contributed by atoms with Crippen molar-refractivity contribution >= 4 is 43.6 Å². The van der Waals surface area contributed by atoms with Gasteiger partial charge in [0.1, 0.15) is 5.82 Å². The lowest BCUT2D eigenvalue weighted by Crippen LogP contribution is -1.95. The summed E-state index contributed by atoms with van der Waals surface area (Å²) in [5.41, 5.74) is 8.17. The number of hydrogen-bond acceptors (Lipinski definition) is 1. The van der Waals surface area contributed by atoms with Gasteiger partial charge in [-0.25, -0.2) is 4.98 Å². The second-order valence-corrected chi connectivity index (χ2v) is 9.38. The van der Waals surface area contributed by atoms with Crippen LogP contribution in [0.15, 0.2) is 128 Å². The van der Waals surface area contributed by atoms with Crippen LogP contribution in [0.2, 0.25) is 0 Å². The van der Waals surface area contributed by atoms with E-state index in [1.54, 1.807) is 6.20 Å². The fourth-order valence-electron chi connectivity index (χ4n) is 5.83. The summed E-state index contributed by atoms with van der Waals surface area (Å²) in [7, 11) is 0. The number of nitrogens with one attached hydrogen (secondary N) is 1. The molecule has 0 saturated heterocycles. The number of H-pyrrole nitrogens is 1. The molecule has 174 valence electrons. The van der Waals surface area contributed by atoms with Crippen molar-refractivity contribution in [3.63, 3.8) is 0 Å². The number of hydrogen-bond donors (Lipinski definition) is 1. The van der Waals surface area contributed by atoms with Gasteiger partial charge in [0.05, 0.1) is 22.1 Å². The van der Waals surface area contributed by atoms with Crippen molar-refractivity contribution in [1.82, 2.24) is 19.1 Å². The monoisotopic (exact) mass is 474 g/mol. The minimum atomic E-state index is 0.873. The Kier molecular flexibility index (Phi) is 4.19. The van der Waals surface area contributed by atoms with Crippen LogP contribution < -0.4 is 0 Å². The standard InChI is InChI=1S/C33H22N4/c1-3-9-23(10-4-1)36-28-14-8-7-13-27(28)31-29(36)18-17-26-25-16-15-22(33-34-19-20-35-33)21-30(25)37(32(26)31)24-11-5-2-6-12-24/h1-21H,(H,34,35). The van der Waals surface area contributed by atoms with Crippen molar-refractivity contribution in [2.75, 3.05) is 0 Å². The third-order valence-corrected chi connectivity index (χ3v) is 7.36. The Morgan fingerprint density at radius 1 is 0.541 bits per heavy atom. The first-order valence-electron chi connectivity index (χ1n) is 12.5. The normalized spacial score (nSPS) is 11.8. The average Bonchev–Trinajstić information content (AvgIpc) is 3.68. The average molecular weight is 475 g/mol. The smallest absolute Gasteiger partial charge is 0.137 e. The summed E-state index contributed by atoms with van der Waals surface area (Å²) >= 11 is 0. The van der Waals surface area contributed by atoms with Gasteiger partial charge in [-0.05, 0) is 42.5 Å². The maximum absolute atomic E-state index is 4.51. The minimum absolute atomic E-state index is 0.873. The molecule has 0 unspecified atom stereocenters. The van der Waals surface area contributed by atoms with Gasteiger partial charge in [-0.2, -0.15) is 0 Å². The van der Waals surface area contributed by atoms with Gasteiger partial charge in [0, 0.05) is 50.9 Å².